The van der Waals surface area contributed by atoms with Gasteiger partial charge in [0.1, 0.15) is 0 Å². The summed E-state index contributed by atoms with van der Waals surface area (Å²) in [7, 11) is -9.10. The molecular weight excluding hydrogens is 318 g/mol. The maximum absolute atomic E-state index is 10.6. The molecule has 0 radical (unpaired) electrons. The molecule has 0 heterocycles. The molecule has 0 aromatic heterocycles. The van der Waals surface area contributed by atoms with Crippen molar-refractivity contribution in [1.82, 2.24) is 0 Å². The molecule has 114 valence electrons. The van der Waals surface area contributed by atoms with Crippen molar-refractivity contribution in [3.8, 4) is 0 Å². The molecule has 0 atom stereocenters. The van der Waals surface area contributed by atoms with Crippen LogP contribution in [0.2, 0.25) is 0 Å². The highest BCUT2D eigenvalue weighted by atomic mass is 31.2. The van der Waals surface area contributed by atoms with Crippen LogP contribution in [-0.4, -0.2) is 31.8 Å². The van der Waals surface area contributed by atoms with Crippen LogP contribution in [0.1, 0.15) is 10.4 Å². The fourth-order valence-electron chi connectivity index (χ4n) is 1.59. The van der Waals surface area contributed by atoms with E-state index in [2.05, 4.69) is 0 Å². The highest BCUT2D eigenvalue weighted by Crippen LogP contribution is 2.51. The average molecular weight is 332 g/mol. The Hall–Kier alpha value is -1.33. The van der Waals surface area contributed by atoms with Gasteiger partial charge in [0, 0.05) is 5.56 Å². The van der Waals surface area contributed by atoms with Crippen molar-refractivity contribution in [2.45, 2.75) is 0 Å². The minimum atomic E-state index is -4.55. The zero-order valence-corrected chi connectivity index (χ0v) is 12.5. The maximum Gasteiger partial charge on any atom is 0.337 e. The van der Waals surface area contributed by atoms with Crippen molar-refractivity contribution in [1.29, 1.82) is 0 Å². The lowest BCUT2D eigenvalue weighted by atomic mass is 10.1. The van der Waals surface area contributed by atoms with Gasteiger partial charge in [0.2, 0.25) is 0 Å². The van der Waals surface area contributed by atoms with Gasteiger partial charge >= 0.3 is 15.2 Å². The van der Waals surface area contributed by atoms with Crippen LogP contribution in [0.3, 0.4) is 0 Å². The fraction of sp³-hybridized carbons (Fsp3) is 0.0833. The molecule has 21 heavy (non-hydrogen) atoms. The molecule has 0 aliphatic rings. The summed E-state index contributed by atoms with van der Waals surface area (Å²) in [5.41, 5.74) is 0.758. The summed E-state index contributed by atoms with van der Waals surface area (Å²) in [6.07, 6.45) is 0.891. The summed E-state index contributed by atoms with van der Waals surface area (Å²) in [6.45, 7) is 0. The second kappa shape index (κ2) is 7.09. The van der Waals surface area contributed by atoms with E-state index in [0.29, 0.717) is 0 Å². The van der Waals surface area contributed by atoms with E-state index in [-0.39, 0.29) is 0 Å². The zero-order chi connectivity index (χ0) is 16.1. The Morgan fingerprint density at radius 2 is 1.38 bits per heavy atom. The Morgan fingerprint density at radius 1 is 0.857 bits per heavy atom. The topological polar surface area (TPSA) is 132 Å². The number of hydrogen-bond donors (Lipinski definition) is 4. The highest BCUT2D eigenvalue weighted by Gasteiger charge is 2.26. The third-order valence-corrected chi connectivity index (χ3v) is 5.27. The van der Waals surface area contributed by atoms with Crippen molar-refractivity contribution in [3.63, 3.8) is 0 Å². The van der Waals surface area contributed by atoms with E-state index in [1.165, 1.54) is 0 Å². The molecule has 0 unspecified atom stereocenters. The van der Waals surface area contributed by atoms with Crippen molar-refractivity contribution in [3.05, 3.63) is 48.0 Å². The Bertz CT molecular complexity index is 691. The minimum Gasteiger partial charge on any atom is -0.324 e. The SMILES string of the molecule is O=Cc1cccc2ccccc12.O=P(O)(O)CP(=O)(O)O. The van der Waals surface area contributed by atoms with E-state index in [1.54, 1.807) is 0 Å². The molecule has 0 bridgehead atoms. The van der Waals surface area contributed by atoms with Crippen LogP contribution >= 0.6 is 15.2 Å². The highest BCUT2D eigenvalue weighted by molar-refractivity contribution is 7.69. The third kappa shape index (κ3) is 6.78. The van der Waals surface area contributed by atoms with Crippen LogP contribution < -0.4 is 0 Å². The molecule has 7 nitrogen and oxygen atoms in total. The first-order chi connectivity index (χ1) is 9.62. The van der Waals surface area contributed by atoms with Gasteiger partial charge in [-0.2, -0.15) is 0 Å². The number of carbonyl (C=O) groups excluding carboxylic acids is 1. The van der Waals surface area contributed by atoms with Gasteiger partial charge in [-0.3, -0.25) is 13.9 Å². The molecule has 9 heteroatoms. The van der Waals surface area contributed by atoms with Crippen molar-refractivity contribution < 1.29 is 33.5 Å². The molecular formula is C12H14O7P2. The monoisotopic (exact) mass is 332 g/mol. The second-order valence-electron chi connectivity index (χ2n) is 4.16. The Labute approximate surface area is 120 Å². The lowest BCUT2D eigenvalue weighted by molar-refractivity contribution is 0.112. The van der Waals surface area contributed by atoms with E-state index in [4.69, 9.17) is 19.6 Å². The van der Waals surface area contributed by atoms with Crippen molar-refractivity contribution in [2.24, 2.45) is 0 Å². The zero-order valence-electron chi connectivity index (χ0n) is 10.7. The predicted octanol–water partition coefficient (Wildman–Crippen LogP) is 1.95. The lowest BCUT2D eigenvalue weighted by Crippen LogP contribution is -1.88. The van der Waals surface area contributed by atoms with E-state index < -0.39 is 21.1 Å². The summed E-state index contributed by atoms with van der Waals surface area (Å²) in [4.78, 5) is 42.5. The molecule has 4 N–H and O–H groups in total. The summed E-state index contributed by atoms with van der Waals surface area (Å²) < 4.78 is 19.7. The van der Waals surface area contributed by atoms with E-state index in [1.807, 2.05) is 42.5 Å². The summed E-state index contributed by atoms with van der Waals surface area (Å²) in [6, 6.07) is 13.6. The second-order valence-corrected chi connectivity index (χ2v) is 7.95. The third-order valence-electron chi connectivity index (χ3n) is 2.32. The van der Waals surface area contributed by atoms with E-state index >= 15 is 0 Å². The average Bonchev–Trinajstić information content (AvgIpc) is 2.34. The van der Waals surface area contributed by atoms with Gasteiger partial charge in [-0.05, 0) is 10.8 Å². The largest absolute Gasteiger partial charge is 0.337 e. The van der Waals surface area contributed by atoms with Gasteiger partial charge in [0.25, 0.3) is 0 Å². The molecule has 0 spiro atoms. The maximum atomic E-state index is 10.6. The molecule has 2 aromatic carbocycles. The van der Waals surface area contributed by atoms with Gasteiger partial charge in [-0.25, -0.2) is 0 Å². The number of fused-ring (bicyclic) bond motifs is 1. The standard InChI is InChI=1S/C11H8O.CH6O6P2/c12-8-10-6-3-5-9-4-1-2-7-11(9)10;2-8(3,4)1-9(5,6)7/h1-8H;1H2,(H2,2,3,4)(H2,5,6,7). The van der Waals surface area contributed by atoms with Crippen molar-refractivity contribution in [2.75, 3.05) is 5.90 Å². The van der Waals surface area contributed by atoms with Crippen LogP contribution in [0.4, 0.5) is 0 Å². The van der Waals surface area contributed by atoms with Gasteiger partial charge in [-0.15, -0.1) is 0 Å². The smallest absolute Gasteiger partial charge is 0.324 e. The number of benzene rings is 2. The van der Waals surface area contributed by atoms with E-state index in [9.17, 15) is 13.9 Å². The summed E-state index contributed by atoms with van der Waals surface area (Å²) in [5.74, 6) is -1.38. The molecule has 0 amide bonds. The summed E-state index contributed by atoms with van der Waals surface area (Å²) in [5, 5.41) is 2.14. The first kappa shape index (κ1) is 17.7. The Kier molecular flexibility index (Phi) is 5.98. The molecule has 2 aromatic rings. The van der Waals surface area contributed by atoms with Gasteiger partial charge in [0.15, 0.2) is 12.2 Å². The van der Waals surface area contributed by atoms with E-state index in [0.717, 1.165) is 22.6 Å². The molecule has 2 rings (SSSR count). The number of aldehydes is 1. The number of rotatable bonds is 3. The van der Waals surface area contributed by atoms with Crippen LogP contribution in [0.25, 0.3) is 10.8 Å². The summed E-state index contributed by atoms with van der Waals surface area (Å²) >= 11 is 0. The number of carbonyl (C=O) groups is 1. The Balaban J connectivity index is 0.000000222. The first-order valence-corrected chi connectivity index (χ1v) is 9.24. The van der Waals surface area contributed by atoms with Gasteiger partial charge < -0.3 is 19.6 Å². The molecule has 0 saturated heterocycles. The quantitative estimate of drug-likeness (QED) is 0.499. The van der Waals surface area contributed by atoms with Crippen molar-refractivity contribution >= 4 is 32.3 Å². The molecule has 0 saturated carbocycles. The van der Waals surface area contributed by atoms with Crippen LogP contribution in [0, 0.1) is 0 Å². The van der Waals surface area contributed by atoms with Gasteiger partial charge in [0.05, 0.1) is 0 Å². The lowest BCUT2D eigenvalue weighted by Gasteiger charge is -2.03. The molecule has 0 fully saturated rings. The van der Waals surface area contributed by atoms with Gasteiger partial charge in [-0.1, -0.05) is 42.5 Å². The predicted molar refractivity (Wildman–Crippen MR) is 78.3 cm³/mol. The Morgan fingerprint density at radius 3 is 1.86 bits per heavy atom. The van der Waals surface area contributed by atoms with Crippen LogP contribution in [0.15, 0.2) is 42.5 Å². The normalized spacial score (nSPS) is 11.6. The van der Waals surface area contributed by atoms with Crippen LogP contribution in [-0.2, 0) is 9.13 Å². The van der Waals surface area contributed by atoms with Crippen LogP contribution in [0.5, 0.6) is 0 Å². The minimum absolute atomic E-state index is 0.758. The fourth-order valence-corrected chi connectivity index (χ4v) is 3.51. The first-order valence-electron chi connectivity index (χ1n) is 5.64. The molecule has 0 aliphatic carbocycles. The molecule has 0 aliphatic heterocycles. The number of hydrogen-bond acceptors (Lipinski definition) is 3.